The molecule has 2 rings (SSSR count). The highest BCUT2D eigenvalue weighted by molar-refractivity contribution is 6.30. The fraction of sp³-hybridized carbons (Fsp3) is 0.214. The molecule has 0 fully saturated rings. The molecule has 5 nitrogen and oxygen atoms in total. The van der Waals surface area contributed by atoms with Crippen molar-refractivity contribution in [2.45, 2.75) is 13.8 Å². The molecule has 20 heavy (non-hydrogen) atoms. The average molecular weight is 295 g/mol. The Labute approximate surface area is 122 Å². The van der Waals surface area contributed by atoms with Gasteiger partial charge in [-0.25, -0.2) is 14.8 Å². The van der Waals surface area contributed by atoms with Crippen molar-refractivity contribution in [2.24, 2.45) is 0 Å². The summed E-state index contributed by atoms with van der Waals surface area (Å²) in [4.78, 5) is 19.0. The van der Waals surface area contributed by atoms with E-state index in [0.717, 1.165) is 0 Å². The molecule has 106 valence electrons. The molecule has 0 N–H and O–H groups in total. The number of halogens is 1. The molecule has 0 spiro atoms. The van der Waals surface area contributed by atoms with Crippen molar-refractivity contribution >= 4 is 17.6 Å². The van der Waals surface area contributed by atoms with Gasteiger partial charge in [0, 0.05) is 12.4 Å². The molecule has 1 aromatic heterocycles. The highest BCUT2D eigenvalue weighted by Gasteiger charge is 2.07. The van der Waals surface area contributed by atoms with Crippen LogP contribution in [0.3, 0.4) is 0 Å². The fourth-order valence-electron chi connectivity index (χ4n) is 1.27. The molecular weight excluding hydrogens is 280 g/mol. The third kappa shape index (κ3) is 4.20. The van der Waals surface area contributed by atoms with E-state index in [1.54, 1.807) is 24.3 Å². The standard InChI is InChI=1S/C12H9ClN2O3.C2H6/c1-17-12(16)8-2-4-9(5-3-8)18-11-10(13)14-6-7-15-11;1-2/h2-7H,1H3;1-2H3. The Kier molecular flexibility index (Phi) is 6.46. The molecular formula is C14H15ClN2O3. The van der Waals surface area contributed by atoms with E-state index < -0.39 is 5.97 Å². The Morgan fingerprint density at radius 3 is 2.25 bits per heavy atom. The number of aromatic nitrogens is 2. The number of esters is 1. The van der Waals surface area contributed by atoms with Crippen LogP contribution in [0.25, 0.3) is 0 Å². The highest BCUT2D eigenvalue weighted by Crippen LogP contribution is 2.24. The van der Waals surface area contributed by atoms with E-state index in [2.05, 4.69) is 14.7 Å². The van der Waals surface area contributed by atoms with Gasteiger partial charge in [-0.2, -0.15) is 0 Å². The SMILES string of the molecule is CC.COC(=O)c1ccc(Oc2nccnc2Cl)cc1. The van der Waals surface area contributed by atoms with Crippen LogP contribution in [0.4, 0.5) is 0 Å². The first-order valence-electron chi connectivity index (χ1n) is 6.03. The second kappa shape index (κ2) is 8.12. The van der Waals surface area contributed by atoms with Crippen LogP contribution in [0.1, 0.15) is 24.2 Å². The summed E-state index contributed by atoms with van der Waals surface area (Å²) in [7, 11) is 1.33. The molecule has 0 radical (unpaired) electrons. The normalized spacial score (nSPS) is 9.20. The van der Waals surface area contributed by atoms with Crippen molar-refractivity contribution in [3.63, 3.8) is 0 Å². The van der Waals surface area contributed by atoms with Crippen LogP contribution in [0.5, 0.6) is 11.6 Å². The van der Waals surface area contributed by atoms with Crippen LogP contribution in [0.2, 0.25) is 5.15 Å². The summed E-state index contributed by atoms with van der Waals surface area (Å²) >= 11 is 5.81. The molecule has 0 aliphatic carbocycles. The smallest absolute Gasteiger partial charge is 0.337 e. The monoisotopic (exact) mass is 294 g/mol. The topological polar surface area (TPSA) is 61.3 Å². The third-order valence-corrected chi connectivity index (χ3v) is 2.37. The molecule has 1 aromatic carbocycles. The lowest BCUT2D eigenvalue weighted by Crippen LogP contribution is -2.00. The molecule has 0 bridgehead atoms. The van der Waals surface area contributed by atoms with Gasteiger partial charge >= 0.3 is 5.97 Å². The van der Waals surface area contributed by atoms with Crippen molar-refractivity contribution in [2.75, 3.05) is 7.11 Å². The number of rotatable bonds is 3. The zero-order valence-electron chi connectivity index (χ0n) is 11.5. The van der Waals surface area contributed by atoms with E-state index in [0.29, 0.717) is 11.3 Å². The van der Waals surface area contributed by atoms with E-state index in [1.165, 1.54) is 19.5 Å². The van der Waals surface area contributed by atoms with Gasteiger partial charge in [0.05, 0.1) is 12.7 Å². The molecule has 0 atom stereocenters. The number of hydrogen-bond acceptors (Lipinski definition) is 5. The Bertz CT molecular complexity index is 559. The minimum absolute atomic E-state index is 0.176. The minimum Gasteiger partial charge on any atom is -0.465 e. The van der Waals surface area contributed by atoms with Crippen LogP contribution in [-0.4, -0.2) is 23.0 Å². The zero-order chi connectivity index (χ0) is 15.0. The van der Waals surface area contributed by atoms with Crippen molar-refractivity contribution in [3.8, 4) is 11.6 Å². The van der Waals surface area contributed by atoms with Crippen LogP contribution in [-0.2, 0) is 4.74 Å². The summed E-state index contributed by atoms with van der Waals surface area (Å²) in [5.74, 6) is 0.314. The summed E-state index contributed by atoms with van der Waals surface area (Å²) in [6.07, 6.45) is 2.94. The van der Waals surface area contributed by atoms with Gasteiger partial charge in [-0.05, 0) is 24.3 Å². The average Bonchev–Trinajstić information content (AvgIpc) is 2.51. The first-order valence-corrected chi connectivity index (χ1v) is 6.41. The summed E-state index contributed by atoms with van der Waals surface area (Å²) in [6, 6.07) is 6.42. The predicted molar refractivity (Wildman–Crippen MR) is 76.2 cm³/mol. The van der Waals surface area contributed by atoms with Gasteiger partial charge in [0.2, 0.25) is 0 Å². The largest absolute Gasteiger partial charge is 0.465 e. The summed E-state index contributed by atoms with van der Waals surface area (Å²) in [6.45, 7) is 4.00. The first kappa shape index (κ1) is 15.9. The molecule has 0 saturated carbocycles. The molecule has 0 aliphatic heterocycles. The Balaban J connectivity index is 0.000000956. The molecule has 0 saturated heterocycles. The van der Waals surface area contributed by atoms with Crippen molar-refractivity contribution in [3.05, 3.63) is 47.4 Å². The van der Waals surface area contributed by atoms with Crippen molar-refractivity contribution in [1.29, 1.82) is 0 Å². The predicted octanol–water partition coefficient (Wildman–Crippen LogP) is 3.74. The second-order valence-corrected chi connectivity index (χ2v) is 3.63. The summed E-state index contributed by atoms with van der Waals surface area (Å²) < 4.78 is 10.0. The van der Waals surface area contributed by atoms with Gasteiger partial charge in [0.1, 0.15) is 5.75 Å². The fourth-order valence-corrected chi connectivity index (χ4v) is 1.41. The van der Waals surface area contributed by atoms with Gasteiger partial charge in [0.25, 0.3) is 5.88 Å². The van der Waals surface area contributed by atoms with Gasteiger partial charge in [-0.1, -0.05) is 25.4 Å². The lowest BCUT2D eigenvalue weighted by Gasteiger charge is -2.05. The maximum atomic E-state index is 11.2. The molecule has 0 unspecified atom stereocenters. The van der Waals surface area contributed by atoms with E-state index in [-0.39, 0.29) is 11.0 Å². The van der Waals surface area contributed by atoms with Gasteiger partial charge in [0.15, 0.2) is 5.15 Å². The minimum atomic E-state index is -0.404. The molecule has 0 amide bonds. The number of methoxy groups -OCH3 is 1. The quantitative estimate of drug-likeness (QED) is 0.807. The molecule has 6 heteroatoms. The number of carbonyl (C=O) groups is 1. The van der Waals surface area contributed by atoms with Crippen LogP contribution >= 0.6 is 11.6 Å². The highest BCUT2D eigenvalue weighted by atomic mass is 35.5. The Hall–Kier alpha value is -2.14. The Morgan fingerprint density at radius 1 is 1.10 bits per heavy atom. The Morgan fingerprint density at radius 2 is 1.70 bits per heavy atom. The number of benzene rings is 1. The van der Waals surface area contributed by atoms with Crippen LogP contribution in [0, 0.1) is 0 Å². The summed E-state index contributed by atoms with van der Waals surface area (Å²) in [5, 5.41) is 0.176. The van der Waals surface area contributed by atoms with Gasteiger partial charge < -0.3 is 9.47 Å². The zero-order valence-corrected chi connectivity index (χ0v) is 12.2. The van der Waals surface area contributed by atoms with Crippen LogP contribution < -0.4 is 4.74 Å². The third-order valence-electron chi connectivity index (χ3n) is 2.11. The van der Waals surface area contributed by atoms with Crippen LogP contribution in [0.15, 0.2) is 36.7 Å². The number of nitrogens with zero attached hydrogens (tertiary/aromatic N) is 2. The number of carbonyl (C=O) groups excluding carboxylic acids is 1. The lowest BCUT2D eigenvalue weighted by molar-refractivity contribution is 0.0600. The number of ether oxygens (including phenoxy) is 2. The maximum absolute atomic E-state index is 11.2. The molecule has 0 aliphatic rings. The second-order valence-electron chi connectivity index (χ2n) is 3.27. The molecule has 1 heterocycles. The number of hydrogen-bond donors (Lipinski definition) is 0. The van der Waals surface area contributed by atoms with Gasteiger partial charge in [-0.3, -0.25) is 0 Å². The van der Waals surface area contributed by atoms with E-state index in [1.807, 2.05) is 13.8 Å². The van der Waals surface area contributed by atoms with Gasteiger partial charge in [-0.15, -0.1) is 0 Å². The van der Waals surface area contributed by atoms with E-state index in [9.17, 15) is 4.79 Å². The molecule has 2 aromatic rings. The lowest BCUT2D eigenvalue weighted by atomic mass is 10.2. The summed E-state index contributed by atoms with van der Waals surface area (Å²) in [5.41, 5.74) is 0.440. The van der Waals surface area contributed by atoms with E-state index in [4.69, 9.17) is 16.3 Å². The first-order chi connectivity index (χ1) is 9.70. The van der Waals surface area contributed by atoms with Crippen molar-refractivity contribution < 1.29 is 14.3 Å². The maximum Gasteiger partial charge on any atom is 0.337 e. The van der Waals surface area contributed by atoms with E-state index >= 15 is 0 Å². The van der Waals surface area contributed by atoms with Crippen molar-refractivity contribution in [1.82, 2.24) is 9.97 Å².